The number of nitro groups is 1. The van der Waals surface area contributed by atoms with E-state index >= 15 is 0 Å². The molecular weight excluding hydrogens is 360 g/mol. The minimum absolute atomic E-state index is 0.0108. The Labute approximate surface area is 155 Å². The molecule has 0 saturated carbocycles. The van der Waals surface area contributed by atoms with E-state index in [2.05, 4.69) is 5.32 Å². The van der Waals surface area contributed by atoms with Crippen LogP contribution in [-0.4, -0.2) is 31.2 Å². The van der Waals surface area contributed by atoms with Crippen LogP contribution in [0.2, 0.25) is 5.02 Å². The number of benzene rings is 2. The molecule has 0 unspecified atom stereocenters. The van der Waals surface area contributed by atoms with Crippen molar-refractivity contribution in [2.75, 3.05) is 25.6 Å². The Balaban J connectivity index is 2.05. The van der Waals surface area contributed by atoms with E-state index in [1.165, 1.54) is 18.2 Å². The van der Waals surface area contributed by atoms with Gasteiger partial charge in [0, 0.05) is 25.3 Å². The summed E-state index contributed by atoms with van der Waals surface area (Å²) >= 11 is 6.11. The number of ether oxygens (including phenoxy) is 2. The summed E-state index contributed by atoms with van der Waals surface area (Å²) in [4.78, 5) is 22.3. The molecule has 0 aliphatic carbocycles. The maximum absolute atomic E-state index is 12.1. The first-order chi connectivity index (χ1) is 12.5. The molecule has 0 bridgehead atoms. The number of methoxy groups -OCH3 is 1. The summed E-state index contributed by atoms with van der Waals surface area (Å²) in [5, 5.41) is 13.7. The summed E-state index contributed by atoms with van der Waals surface area (Å²) in [5.41, 5.74) is 1.09. The molecule has 0 aliphatic heterocycles. The molecule has 0 heterocycles. The second-order valence-corrected chi connectivity index (χ2v) is 5.54. The number of carbonyl (C=O) groups excluding carboxylic acids is 1. The van der Waals surface area contributed by atoms with Gasteiger partial charge in [0.05, 0.1) is 22.2 Å². The number of hydrogen-bond donors (Lipinski definition) is 1. The van der Waals surface area contributed by atoms with Crippen molar-refractivity contribution in [3.05, 3.63) is 69.2 Å². The van der Waals surface area contributed by atoms with Gasteiger partial charge in [-0.15, -0.1) is 0 Å². The first-order valence-corrected chi connectivity index (χ1v) is 8.03. The fourth-order valence-electron chi connectivity index (χ4n) is 2.03. The second kappa shape index (κ2) is 9.55. The fourth-order valence-corrected chi connectivity index (χ4v) is 2.26. The normalized spacial score (nSPS) is 10.7. The zero-order chi connectivity index (χ0) is 18.9. The third-order valence-electron chi connectivity index (χ3n) is 3.29. The summed E-state index contributed by atoms with van der Waals surface area (Å²) in [7, 11) is 1.56. The van der Waals surface area contributed by atoms with E-state index in [-0.39, 0.29) is 11.6 Å². The van der Waals surface area contributed by atoms with Gasteiger partial charge in [0.2, 0.25) is 5.91 Å². The number of carbonyl (C=O) groups is 1. The molecule has 26 heavy (non-hydrogen) atoms. The van der Waals surface area contributed by atoms with Gasteiger partial charge in [-0.3, -0.25) is 14.9 Å². The predicted octanol–water partition coefficient (Wildman–Crippen LogP) is 3.93. The minimum Gasteiger partial charge on any atom is -0.487 e. The second-order valence-electron chi connectivity index (χ2n) is 5.13. The Morgan fingerprint density at radius 3 is 2.62 bits per heavy atom. The standard InChI is InChI=1S/C18H17ClN2O5/c1-25-11-12-26-18-15(19)3-2-4-16(18)20-17(22)10-7-13-5-8-14(9-6-13)21(23)24/h2-10H,11-12H2,1H3,(H,20,22)/b10-7+. The summed E-state index contributed by atoms with van der Waals surface area (Å²) in [6, 6.07) is 10.9. The summed E-state index contributed by atoms with van der Waals surface area (Å²) in [5.74, 6) is -0.0227. The smallest absolute Gasteiger partial charge is 0.269 e. The first kappa shape index (κ1) is 19.4. The van der Waals surface area contributed by atoms with Crippen molar-refractivity contribution in [2.45, 2.75) is 0 Å². The summed E-state index contributed by atoms with van der Waals surface area (Å²) < 4.78 is 10.5. The lowest BCUT2D eigenvalue weighted by Gasteiger charge is -2.13. The molecule has 2 aromatic carbocycles. The first-order valence-electron chi connectivity index (χ1n) is 7.65. The number of nitro benzene ring substituents is 1. The molecular formula is C18H17ClN2O5. The van der Waals surface area contributed by atoms with Crippen LogP contribution in [0.1, 0.15) is 5.56 Å². The van der Waals surface area contributed by atoms with Crippen LogP contribution in [0.25, 0.3) is 6.08 Å². The van der Waals surface area contributed by atoms with Crippen molar-refractivity contribution in [2.24, 2.45) is 0 Å². The molecule has 1 amide bonds. The average molecular weight is 377 g/mol. The van der Waals surface area contributed by atoms with Crippen molar-refractivity contribution in [3.8, 4) is 5.75 Å². The van der Waals surface area contributed by atoms with E-state index in [1.54, 1.807) is 43.5 Å². The van der Waals surface area contributed by atoms with Gasteiger partial charge in [0.15, 0.2) is 5.75 Å². The molecule has 0 fully saturated rings. The number of hydrogen-bond acceptors (Lipinski definition) is 5. The summed E-state index contributed by atoms with van der Waals surface area (Å²) in [6.45, 7) is 0.681. The summed E-state index contributed by atoms with van der Waals surface area (Å²) in [6.07, 6.45) is 2.87. The molecule has 7 nitrogen and oxygen atoms in total. The number of anilines is 1. The van der Waals surface area contributed by atoms with E-state index in [1.807, 2.05) is 0 Å². The Bertz CT molecular complexity index is 806. The Hall–Kier alpha value is -2.90. The monoisotopic (exact) mass is 376 g/mol. The molecule has 1 N–H and O–H groups in total. The van der Waals surface area contributed by atoms with Crippen LogP contribution in [0.4, 0.5) is 11.4 Å². The van der Waals surface area contributed by atoms with Crippen molar-refractivity contribution in [3.63, 3.8) is 0 Å². The number of rotatable bonds is 8. The third-order valence-corrected chi connectivity index (χ3v) is 3.59. The van der Waals surface area contributed by atoms with Gasteiger partial charge in [-0.25, -0.2) is 0 Å². The number of para-hydroxylation sites is 1. The van der Waals surface area contributed by atoms with E-state index < -0.39 is 4.92 Å². The molecule has 136 valence electrons. The maximum Gasteiger partial charge on any atom is 0.269 e. The van der Waals surface area contributed by atoms with Crippen molar-refractivity contribution >= 4 is 35.0 Å². The largest absolute Gasteiger partial charge is 0.487 e. The lowest BCUT2D eigenvalue weighted by atomic mass is 10.2. The Morgan fingerprint density at radius 2 is 1.96 bits per heavy atom. The molecule has 0 atom stereocenters. The number of nitrogens with zero attached hydrogens (tertiary/aromatic N) is 1. The Morgan fingerprint density at radius 1 is 1.23 bits per heavy atom. The average Bonchev–Trinajstić information content (AvgIpc) is 2.62. The highest BCUT2D eigenvalue weighted by molar-refractivity contribution is 6.32. The van der Waals surface area contributed by atoms with E-state index in [9.17, 15) is 14.9 Å². The SMILES string of the molecule is COCCOc1c(Cl)cccc1NC(=O)/C=C/c1ccc([N+](=O)[O-])cc1. The van der Waals surface area contributed by atoms with Crippen LogP contribution in [0.5, 0.6) is 5.75 Å². The lowest BCUT2D eigenvalue weighted by Crippen LogP contribution is -2.11. The van der Waals surface area contributed by atoms with Gasteiger partial charge in [-0.2, -0.15) is 0 Å². The van der Waals surface area contributed by atoms with Gasteiger partial charge in [0.1, 0.15) is 6.61 Å². The number of nitrogens with one attached hydrogen (secondary N) is 1. The van der Waals surface area contributed by atoms with Gasteiger partial charge < -0.3 is 14.8 Å². The fraction of sp³-hybridized carbons (Fsp3) is 0.167. The molecule has 0 saturated heterocycles. The third kappa shape index (κ3) is 5.58. The van der Waals surface area contributed by atoms with Crippen LogP contribution in [0.3, 0.4) is 0 Å². The minimum atomic E-state index is -0.482. The topological polar surface area (TPSA) is 90.7 Å². The van der Waals surface area contributed by atoms with Gasteiger partial charge in [-0.05, 0) is 35.9 Å². The maximum atomic E-state index is 12.1. The van der Waals surface area contributed by atoms with E-state index in [0.717, 1.165) is 0 Å². The predicted molar refractivity (Wildman–Crippen MR) is 99.6 cm³/mol. The molecule has 0 radical (unpaired) electrons. The highest BCUT2D eigenvalue weighted by Crippen LogP contribution is 2.32. The van der Waals surface area contributed by atoms with Crippen molar-refractivity contribution < 1.29 is 19.2 Å². The van der Waals surface area contributed by atoms with Crippen LogP contribution in [-0.2, 0) is 9.53 Å². The molecule has 2 rings (SSSR count). The van der Waals surface area contributed by atoms with Gasteiger partial charge in [-0.1, -0.05) is 17.7 Å². The number of non-ortho nitro benzene ring substituents is 1. The van der Waals surface area contributed by atoms with Gasteiger partial charge in [0.25, 0.3) is 5.69 Å². The highest BCUT2D eigenvalue weighted by atomic mass is 35.5. The molecule has 8 heteroatoms. The van der Waals surface area contributed by atoms with E-state index in [4.69, 9.17) is 21.1 Å². The van der Waals surface area contributed by atoms with E-state index in [0.29, 0.717) is 35.2 Å². The molecule has 2 aromatic rings. The van der Waals surface area contributed by atoms with Crippen LogP contribution < -0.4 is 10.1 Å². The van der Waals surface area contributed by atoms with Crippen molar-refractivity contribution in [1.29, 1.82) is 0 Å². The number of amides is 1. The lowest BCUT2D eigenvalue weighted by molar-refractivity contribution is -0.384. The quantitative estimate of drug-likeness (QED) is 0.326. The van der Waals surface area contributed by atoms with Crippen LogP contribution in [0, 0.1) is 10.1 Å². The molecule has 0 aliphatic rings. The zero-order valence-electron chi connectivity index (χ0n) is 14.0. The van der Waals surface area contributed by atoms with Crippen molar-refractivity contribution in [1.82, 2.24) is 0 Å². The van der Waals surface area contributed by atoms with Crippen LogP contribution >= 0.6 is 11.6 Å². The Kier molecular flexibility index (Phi) is 7.13. The highest BCUT2D eigenvalue weighted by Gasteiger charge is 2.10. The molecule has 0 spiro atoms. The zero-order valence-corrected chi connectivity index (χ0v) is 14.7. The molecule has 0 aromatic heterocycles. The van der Waals surface area contributed by atoms with Crippen LogP contribution in [0.15, 0.2) is 48.5 Å². The van der Waals surface area contributed by atoms with Gasteiger partial charge >= 0.3 is 0 Å². The number of halogens is 1.